The van der Waals surface area contributed by atoms with E-state index in [1.54, 1.807) is 6.07 Å². The summed E-state index contributed by atoms with van der Waals surface area (Å²) in [6.07, 6.45) is -1.49. The monoisotopic (exact) mass is 428 g/mol. The van der Waals surface area contributed by atoms with Gasteiger partial charge in [-0.15, -0.1) is 0 Å². The Balaban J connectivity index is 1.38. The van der Waals surface area contributed by atoms with Gasteiger partial charge in [0.25, 0.3) is 0 Å². The molecule has 164 valence electrons. The van der Waals surface area contributed by atoms with Crippen molar-refractivity contribution in [3.05, 3.63) is 70.8 Å². The largest absolute Gasteiger partial charge is 0.416 e. The number of likely N-dealkylation sites (tertiary alicyclic amines) is 1. The molecule has 2 aromatic carbocycles. The van der Waals surface area contributed by atoms with E-state index in [0.717, 1.165) is 45.0 Å². The third-order valence-electron chi connectivity index (χ3n) is 7.02. The Bertz CT molecular complexity index is 969. The van der Waals surface area contributed by atoms with Gasteiger partial charge in [-0.05, 0) is 47.9 Å². The molecule has 3 nitrogen and oxygen atoms in total. The van der Waals surface area contributed by atoms with Crippen LogP contribution in [0.5, 0.6) is 0 Å². The summed E-state index contributed by atoms with van der Waals surface area (Å²) in [7, 11) is 0. The molecule has 0 N–H and O–H groups in total. The highest BCUT2D eigenvalue weighted by Crippen LogP contribution is 2.40. The maximum absolute atomic E-state index is 13.3. The molecular formula is C25H27F3N2O. The van der Waals surface area contributed by atoms with Gasteiger partial charge in [0, 0.05) is 44.6 Å². The van der Waals surface area contributed by atoms with Crippen molar-refractivity contribution in [2.24, 2.45) is 11.8 Å². The summed E-state index contributed by atoms with van der Waals surface area (Å²) >= 11 is 0. The summed E-state index contributed by atoms with van der Waals surface area (Å²) in [5, 5.41) is 0. The molecule has 2 heterocycles. The molecule has 1 saturated heterocycles. The van der Waals surface area contributed by atoms with E-state index in [9.17, 15) is 18.0 Å². The highest BCUT2D eigenvalue weighted by molar-refractivity contribution is 5.81. The molecule has 2 aromatic rings. The second-order valence-electron chi connectivity index (χ2n) is 9.26. The molecule has 2 atom stereocenters. The Morgan fingerprint density at radius 1 is 1.00 bits per heavy atom. The zero-order valence-electron chi connectivity index (χ0n) is 17.4. The van der Waals surface area contributed by atoms with Crippen molar-refractivity contribution in [3.63, 3.8) is 0 Å². The van der Waals surface area contributed by atoms with Gasteiger partial charge < -0.3 is 4.90 Å². The molecule has 2 aliphatic heterocycles. The van der Waals surface area contributed by atoms with E-state index in [1.807, 2.05) is 4.90 Å². The summed E-state index contributed by atoms with van der Waals surface area (Å²) in [5.41, 5.74) is 2.80. The second-order valence-corrected chi connectivity index (χ2v) is 9.26. The zero-order valence-corrected chi connectivity index (χ0v) is 17.4. The molecule has 1 amide bonds. The maximum atomic E-state index is 13.3. The van der Waals surface area contributed by atoms with Crippen LogP contribution in [0.4, 0.5) is 13.2 Å². The fraction of sp³-hybridized carbons (Fsp3) is 0.480. The molecule has 0 spiro atoms. The van der Waals surface area contributed by atoms with E-state index in [-0.39, 0.29) is 23.7 Å². The predicted molar refractivity (Wildman–Crippen MR) is 112 cm³/mol. The molecule has 2 unspecified atom stereocenters. The fourth-order valence-corrected chi connectivity index (χ4v) is 5.19. The lowest BCUT2D eigenvalue weighted by molar-refractivity contribution is -0.137. The molecule has 5 rings (SSSR count). The minimum Gasteiger partial charge on any atom is -0.341 e. The van der Waals surface area contributed by atoms with Gasteiger partial charge >= 0.3 is 6.18 Å². The van der Waals surface area contributed by atoms with Gasteiger partial charge in [-0.1, -0.05) is 42.5 Å². The lowest BCUT2D eigenvalue weighted by Gasteiger charge is -2.32. The smallest absolute Gasteiger partial charge is 0.341 e. The highest BCUT2D eigenvalue weighted by atomic mass is 19.4. The van der Waals surface area contributed by atoms with Gasteiger partial charge in [0.05, 0.1) is 5.56 Å². The van der Waals surface area contributed by atoms with Crippen molar-refractivity contribution in [1.82, 2.24) is 9.80 Å². The Hall–Kier alpha value is -2.34. The molecule has 0 radical (unpaired) electrons. The lowest BCUT2D eigenvalue weighted by atomic mass is 9.87. The van der Waals surface area contributed by atoms with E-state index >= 15 is 0 Å². The van der Waals surface area contributed by atoms with Gasteiger partial charge in [0.1, 0.15) is 0 Å². The Labute approximate surface area is 180 Å². The third kappa shape index (κ3) is 4.36. The number of hydrogen-bond acceptors (Lipinski definition) is 2. The van der Waals surface area contributed by atoms with Crippen molar-refractivity contribution < 1.29 is 18.0 Å². The second kappa shape index (κ2) is 7.97. The first-order valence-electron chi connectivity index (χ1n) is 11.1. The third-order valence-corrected chi connectivity index (χ3v) is 7.02. The van der Waals surface area contributed by atoms with Crippen LogP contribution in [0.25, 0.3) is 0 Å². The molecular weight excluding hydrogens is 401 g/mol. The molecule has 0 bridgehead atoms. The summed E-state index contributed by atoms with van der Waals surface area (Å²) in [4.78, 5) is 17.1. The van der Waals surface area contributed by atoms with Crippen molar-refractivity contribution in [2.45, 2.75) is 37.9 Å². The van der Waals surface area contributed by atoms with Crippen LogP contribution in [-0.2, 0) is 23.9 Å². The van der Waals surface area contributed by atoms with Crippen LogP contribution in [0, 0.1) is 11.8 Å². The molecule has 3 aliphatic rings. The predicted octanol–water partition coefficient (Wildman–Crippen LogP) is 4.72. The minimum absolute atomic E-state index is 0.0674. The number of carbonyl (C=O) groups excluding carboxylic acids is 1. The number of fused-ring (bicyclic) bond motifs is 1. The first kappa shape index (κ1) is 20.6. The lowest BCUT2D eigenvalue weighted by Crippen LogP contribution is -2.37. The minimum atomic E-state index is -4.36. The van der Waals surface area contributed by atoms with Crippen LogP contribution >= 0.6 is 0 Å². The van der Waals surface area contributed by atoms with Crippen molar-refractivity contribution in [3.8, 4) is 0 Å². The number of halogens is 3. The first-order valence-corrected chi connectivity index (χ1v) is 11.1. The van der Waals surface area contributed by atoms with E-state index < -0.39 is 11.7 Å². The van der Waals surface area contributed by atoms with Crippen LogP contribution in [0.15, 0.2) is 48.5 Å². The quantitative estimate of drug-likeness (QED) is 0.704. The molecule has 1 saturated carbocycles. The number of nitrogens with zero attached hydrogens (tertiary/aromatic N) is 2. The summed E-state index contributed by atoms with van der Waals surface area (Å²) in [5.74, 6) is 0.379. The number of carbonyl (C=O) groups is 1. The Morgan fingerprint density at radius 3 is 2.52 bits per heavy atom. The number of rotatable bonds is 4. The molecule has 1 aliphatic carbocycles. The first-order chi connectivity index (χ1) is 14.9. The Morgan fingerprint density at radius 2 is 1.77 bits per heavy atom. The van der Waals surface area contributed by atoms with Crippen molar-refractivity contribution in [2.75, 3.05) is 26.2 Å². The van der Waals surface area contributed by atoms with Gasteiger partial charge in [0.15, 0.2) is 0 Å². The van der Waals surface area contributed by atoms with Gasteiger partial charge in [-0.2, -0.15) is 13.2 Å². The van der Waals surface area contributed by atoms with Gasteiger partial charge in [-0.25, -0.2) is 0 Å². The topological polar surface area (TPSA) is 23.6 Å². The van der Waals surface area contributed by atoms with Gasteiger partial charge in [0.2, 0.25) is 5.91 Å². The zero-order chi connectivity index (χ0) is 21.6. The number of benzene rings is 2. The van der Waals surface area contributed by atoms with Crippen molar-refractivity contribution in [1.29, 1.82) is 0 Å². The summed E-state index contributed by atoms with van der Waals surface area (Å²) < 4.78 is 39.9. The number of amides is 1. The SMILES string of the molecule is O=C(C1CC1)N1CC(CN2CCc3ccccc3C2)C(c2cccc(C(F)(F)F)c2)C1. The van der Waals surface area contributed by atoms with Crippen LogP contribution in [0.1, 0.15) is 41.0 Å². The van der Waals surface area contributed by atoms with E-state index in [0.29, 0.717) is 18.7 Å². The van der Waals surface area contributed by atoms with E-state index in [2.05, 4.69) is 29.2 Å². The number of alkyl halides is 3. The highest BCUT2D eigenvalue weighted by Gasteiger charge is 2.42. The Kier molecular flexibility index (Phi) is 5.29. The van der Waals surface area contributed by atoms with Crippen LogP contribution < -0.4 is 0 Å². The van der Waals surface area contributed by atoms with Crippen LogP contribution in [-0.4, -0.2) is 41.9 Å². The summed E-state index contributed by atoms with van der Waals surface area (Å²) in [6, 6.07) is 14.2. The summed E-state index contributed by atoms with van der Waals surface area (Å²) in [6.45, 7) is 3.75. The van der Waals surface area contributed by atoms with E-state index in [4.69, 9.17) is 0 Å². The van der Waals surface area contributed by atoms with Crippen LogP contribution in [0.2, 0.25) is 0 Å². The van der Waals surface area contributed by atoms with Crippen molar-refractivity contribution >= 4 is 5.91 Å². The molecule has 6 heteroatoms. The average molecular weight is 428 g/mol. The van der Waals surface area contributed by atoms with Crippen LogP contribution in [0.3, 0.4) is 0 Å². The molecule has 31 heavy (non-hydrogen) atoms. The number of hydrogen-bond donors (Lipinski definition) is 0. The van der Waals surface area contributed by atoms with E-state index in [1.165, 1.54) is 23.3 Å². The fourth-order valence-electron chi connectivity index (χ4n) is 5.19. The average Bonchev–Trinajstić information content (AvgIpc) is 3.53. The standard InChI is InChI=1S/C25H27F3N2O/c26-25(27,28)22-7-3-6-19(12-22)23-16-30(24(31)18-8-9-18)15-21(23)14-29-11-10-17-4-1-2-5-20(17)13-29/h1-7,12,18,21,23H,8-11,13-16H2. The van der Waals surface area contributed by atoms with Gasteiger partial charge in [-0.3, -0.25) is 9.69 Å². The molecule has 2 fully saturated rings. The maximum Gasteiger partial charge on any atom is 0.416 e. The molecule has 0 aromatic heterocycles. The normalized spacial score (nSPS) is 24.3.